The van der Waals surface area contributed by atoms with Gasteiger partial charge in [-0.05, 0) is 26.2 Å². The topological polar surface area (TPSA) is 134 Å². The quantitative estimate of drug-likeness (QED) is 0.474. The molecule has 3 atom stereocenters. The third kappa shape index (κ3) is 4.45. The first-order chi connectivity index (χ1) is 14.4. The maximum absolute atomic E-state index is 11.1. The van der Waals surface area contributed by atoms with Crippen LogP contribution in [0.5, 0.6) is 5.88 Å². The summed E-state index contributed by atoms with van der Waals surface area (Å²) >= 11 is -1.81. The van der Waals surface area contributed by atoms with Crippen LogP contribution in [0.2, 0.25) is 0 Å². The average Bonchev–Trinajstić information content (AvgIpc) is 3.33. The smallest absolute Gasteiger partial charge is 0.244 e. The Morgan fingerprint density at radius 2 is 2.27 bits per heavy atom. The highest BCUT2D eigenvalue weighted by Gasteiger charge is 2.28. The number of nitrogens with zero attached hydrogens (tertiary/aromatic N) is 6. The van der Waals surface area contributed by atoms with Crippen LogP contribution in [0, 0.1) is 5.92 Å². The van der Waals surface area contributed by atoms with Gasteiger partial charge in [0.25, 0.3) is 0 Å². The maximum Gasteiger partial charge on any atom is 0.244 e. The van der Waals surface area contributed by atoms with E-state index in [1.54, 1.807) is 23.1 Å². The highest BCUT2D eigenvalue weighted by molar-refractivity contribution is 7.79. The molecule has 3 aromatic heterocycles. The molecule has 1 saturated heterocycles. The predicted octanol–water partition coefficient (Wildman–Crippen LogP) is 1.60. The molecule has 0 amide bonds. The number of likely N-dealkylation sites (tertiary alicyclic amines) is 1. The van der Waals surface area contributed by atoms with Gasteiger partial charge in [0.2, 0.25) is 11.8 Å². The van der Waals surface area contributed by atoms with E-state index >= 15 is 0 Å². The number of anilines is 1. The van der Waals surface area contributed by atoms with Crippen molar-refractivity contribution in [2.24, 2.45) is 5.92 Å². The van der Waals surface area contributed by atoms with Gasteiger partial charge in [-0.15, -0.1) is 5.10 Å². The lowest BCUT2D eigenvalue weighted by Crippen LogP contribution is -2.46. The summed E-state index contributed by atoms with van der Waals surface area (Å²) < 4.78 is 27.9. The van der Waals surface area contributed by atoms with Crippen LogP contribution in [0.15, 0.2) is 18.6 Å². The standard InChI is InChI=1S/C18H26N8O3S/c1-11(2)29-17-16(13-6-20-21-7-13)19-8-15-23-18(24-26(15)17)22-14-4-5-25(9-12(14)3)10-30(27)28/h6-8,11-12,14H,4-5,9-10H2,1-3H3,(H,20,21)(H,22,24)(H,27,28)/t12-,14+/m1/s1. The Kier molecular flexibility index (Phi) is 5.97. The molecule has 1 aliphatic heterocycles. The molecule has 1 fully saturated rings. The van der Waals surface area contributed by atoms with Crippen LogP contribution in [0.1, 0.15) is 27.2 Å². The van der Waals surface area contributed by atoms with E-state index in [-0.39, 0.29) is 23.9 Å². The summed E-state index contributed by atoms with van der Waals surface area (Å²) in [5.41, 5.74) is 2.03. The van der Waals surface area contributed by atoms with Gasteiger partial charge in [0, 0.05) is 30.9 Å². The molecule has 11 nitrogen and oxygen atoms in total. The van der Waals surface area contributed by atoms with Crippen molar-refractivity contribution < 1.29 is 13.5 Å². The fourth-order valence-electron chi connectivity index (χ4n) is 3.69. The normalized spacial score (nSPS) is 21.2. The number of ether oxygens (including phenoxy) is 1. The van der Waals surface area contributed by atoms with Gasteiger partial charge < -0.3 is 14.6 Å². The highest BCUT2D eigenvalue weighted by Crippen LogP contribution is 2.29. The molecule has 1 aliphatic rings. The molecule has 0 radical (unpaired) electrons. The van der Waals surface area contributed by atoms with E-state index in [1.807, 2.05) is 18.7 Å². The van der Waals surface area contributed by atoms with E-state index in [0.717, 1.165) is 25.1 Å². The van der Waals surface area contributed by atoms with E-state index in [4.69, 9.17) is 9.29 Å². The Hall–Kier alpha value is -2.57. The summed E-state index contributed by atoms with van der Waals surface area (Å²) in [6, 6.07) is 0.168. The second-order valence-corrected chi connectivity index (χ2v) is 8.72. The Bertz CT molecular complexity index is 1020. The van der Waals surface area contributed by atoms with Gasteiger partial charge >= 0.3 is 0 Å². The summed E-state index contributed by atoms with van der Waals surface area (Å²) in [5.74, 6) is 1.48. The van der Waals surface area contributed by atoms with Crippen LogP contribution in [0.3, 0.4) is 0 Å². The number of hydrogen-bond donors (Lipinski definition) is 3. The summed E-state index contributed by atoms with van der Waals surface area (Å²) in [6.45, 7) is 7.50. The van der Waals surface area contributed by atoms with Crippen molar-refractivity contribution in [2.45, 2.75) is 39.3 Å². The lowest BCUT2D eigenvalue weighted by Gasteiger charge is -2.36. The second-order valence-electron chi connectivity index (χ2n) is 7.82. The fraction of sp³-hybridized carbons (Fsp3) is 0.556. The van der Waals surface area contributed by atoms with Crippen LogP contribution in [0.4, 0.5) is 5.95 Å². The van der Waals surface area contributed by atoms with E-state index in [0.29, 0.717) is 23.2 Å². The number of aromatic nitrogens is 6. The molecule has 0 aromatic carbocycles. The Morgan fingerprint density at radius 1 is 1.43 bits per heavy atom. The lowest BCUT2D eigenvalue weighted by molar-refractivity contribution is 0.194. The predicted molar refractivity (Wildman–Crippen MR) is 113 cm³/mol. The van der Waals surface area contributed by atoms with Crippen LogP contribution in [-0.4, -0.2) is 74.6 Å². The third-order valence-electron chi connectivity index (χ3n) is 5.05. The zero-order valence-corrected chi connectivity index (χ0v) is 18.0. The maximum atomic E-state index is 11.1. The highest BCUT2D eigenvalue weighted by atomic mass is 32.2. The SMILES string of the molecule is CC(C)Oc1c(-c2cn[nH]c2)ncc2nc(N[C@H]3CCN(CS(=O)O)C[C@H]3C)nn12. The molecule has 1 unspecified atom stereocenters. The molecule has 30 heavy (non-hydrogen) atoms. The van der Waals surface area contributed by atoms with E-state index in [1.165, 1.54) is 0 Å². The summed E-state index contributed by atoms with van der Waals surface area (Å²) in [4.78, 5) is 11.1. The van der Waals surface area contributed by atoms with Crippen LogP contribution in [-0.2, 0) is 11.1 Å². The summed E-state index contributed by atoms with van der Waals surface area (Å²) in [5, 5.41) is 14.8. The summed E-state index contributed by atoms with van der Waals surface area (Å²) in [6.07, 6.45) is 5.88. The number of rotatable bonds is 7. The molecular formula is C18H26N8O3S. The van der Waals surface area contributed by atoms with Gasteiger partial charge in [0.15, 0.2) is 16.7 Å². The molecule has 3 N–H and O–H groups in total. The third-order valence-corrected chi connectivity index (χ3v) is 5.64. The minimum absolute atomic E-state index is 0.0647. The Balaban J connectivity index is 1.58. The van der Waals surface area contributed by atoms with Gasteiger partial charge in [0.1, 0.15) is 11.6 Å². The van der Waals surface area contributed by atoms with Gasteiger partial charge in [0.05, 0.1) is 18.5 Å². The number of H-pyrrole nitrogens is 1. The molecule has 4 heterocycles. The molecule has 0 bridgehead atoms. The van der Waals surface area contributed by atoms with Crippen LogP contribution < -0.4 is 10.1 Å². The van der Waals surface area contributed by atoms with Crippen LogP contribution >= 0.6 is 0 Å². The first-order valence-electron chi connectivity index (χ1n) is 9.88. The van der Waals surface area contributed by atoms with E-state index in [2.05, 4.69) is 37.5 Å². The van der Waals surface area contributed by atoms with E-state index < -0.39 is 11.1 Å². The largest absolute Gasteiger partial charge is 0.473 e. The first kappa shape index (κ1) is 20.7. The average molecular weight is 435 g/mol. The Labute approximate surface area is 176 Å². The van der Waals surface area contributed by atoms with Crippen molar-refractivity contribution in [3.8, 4) is 17.1 Å². The van der Waals surface area contributed by atoms with Crippen molar-refractivity contribution in [1.82, 2.24) is 34.7 Å². The molecule has 12 heteroatoms. The number of fused-ring (bicyclic) bond motifs is 1. The molecular weight excluding hydrogens is 408 g/mol. The van der Waals surface area contributed by atoms with Crippen molar-refractivity contribution in [1.29, 1.82) is 0 Å². The zero-order valence-electron chi connectivity index (χ0n) is 17.1. The molecule has 162 valence electrons. The van der Waals surface area contributed by atoms with Gasteiger partial charge in [-0.2, -0.15) is 14.6 Å². The molecule has 0 saturated carbocycles. The summed E-state index contributed by atoms with van der Waals surface area (Å²) in [7, 11) is 0. The van der Waals surface area contributed by atoms with Crippen molar-refractivity contribution in [2.75, 3.05) is 24.3 Å². The first-order valence-corrected chi connectivity index (χ1v) is 11.2. The van der Waals surface area contributed by atoms with Crippen molar-refractivity contribution >= 4 is 22.7 Å². The monoisotopic (exact) mass is 434 g/mol. The number of nitrogens with one attached hydrogen (secondary N) is 2. The minimum Gasteiger partial charge on any atom is -0.473 e. The van der Waals surface area contributed by atoms with E-state index in [9.17, 15) is 4.21 Å². The van der Waals surface area contributed by atoms with Gasteiger partial charge in [-0.25, -0.2) is 9.19 Å². The van der Waals surface area contributed by atoms with Gasteiger partial charge in [-0.1, -0.05) is 6.92 Å². The molecule has 0 spiro atoms. The second kappa shape index (κ2) is 8.66. The van der Waals surface area contributed by atoms with Crippen molar-refractivity contribution in [3.63, 3.8) is 0 Å². The molecule has 4 rings (SSSR count). The molecule has 3 aromatic rings. The fourth-order valence-corrected chi connectivity index (χ4v) is 4.24. The molecule has 0 aliphatic carbocycles. The van der Waals surface area contributed by atoms with Crippen molar-refractivity contribution in [3.05, 3.63) is 18.6 Å². The number of hydrogen-bond acceptors (Lipinski definition) is 8. The van der Waals surface area contributed by atoms with Gasteiger partial charge in [-0.3, -0.25) is 10.00 Å². The number of aromatic amines is 1. The van der Waals surface area contributed by atoms with Crippen LogP contribution in [0.25, 0.3) is 16.9 Å². The Morgan fingerprint density at radius 3 is 2.93 bits per heavy atom. The number of piperidine rings is 1. The zero-order chi connectivity index (χ0) is 21.3. The minimum atomic E-state index is -1.81. The lowest BCUT2D eigenvalue weighted by atomic mass is 9.94.